The number of carbonyl (C=O) groups is 1. The predicted molar refractivity (Wildman–Crippen MR) is 176 cm³/mol. The number of ether oxygens (including phenoxy) is 3. The Labute approximate surface area is 273 Å². The van der Waals surface area contributed by atoms with Crippen LogP contribution in [-0.4, -0.2) is 24.3 Å². The Morgan fingerprint density at radius 1 is 1.00 bits per heavy atom. The molecule has 10 heteroatoms. The van der Waals surface area contributed by atoms with Crippen molar-refractivity contribution in [2.24, 2.45) is 4.99 Å². The summed E-state index contributed by atoms with van der Waals surface area (Å²) in [5, 5.41) is 0.521. The molecular weight excluding hydrogens is 627 g/mol. The normalized spacial score (nSPS) is 14.4. The summed E-state index contributed by atoms with van der Waals surface area (Å²) in [4.78, 5) is 33.2. The second kappa shape index (κ2) is 13.6. The van der Waals surface area contributed by atoms with Crippen LogP contribution in [0, 0.1) is 5.82 Å². The van der Waals surface area contributed by atoms with Gasteiger partial charge in [-0.25, -0.2) is 14.2 Å². The van der Waals surface area contributed by atoms with E-state index in [-0.39, 0.29) is 30.2 Å². The zero-order valence-electron chi connectivity index (χ0n) is 24.9. The van der Waals surface area contributed by atoms with Crippen molar-refractivity contribution in [3.05, 3.63) is 155 Å². The Bertz CT molecular complexity index is 2110. The molecule has 46 heavy (non-hydrogen) atoms. The van der Waals surface area contributed by atoms with Gasteiger partial charge in [-0.3, -0.25) is 9.36 Å². The van der Waals surface area contributed by atoms with E-state index in [2.05, 4.69) is 0 Å². The molecule has 0 saturated carbocycles. The quantitative estimate of drug-likeness (QED) is 0.174. The highest BCUT2D eigenvalue weighted by molar-refractivity contribution is 7.07. The molecule has 0 bridgehead atoms. The summed E-state index contributed by atoms with van der Waals surface area (Å²) >= 11 is 7.43. The molecular formula is C36H28ClFN2O5S. The lowest BCUT2D eigenvalue weighted by Crippen LogP contribution is -2.40. The third kappa shape index (κ3) is 6.24. The van der Waals surface area contributed by atoms with E-state index in [9.17, 15) is 14.0 Å². The van der Waals surface area contributed by atoms with Gasteiger partial charge in [0.25, 0.3) is 5.56 Å². The first kappa shape index (κ1) is 31.0. The minimum absolute atomic E-state index is 0.151. The number of hydrogen-bond donors (Lipinski definition) is 0. The summed E-state index contributed by atoms with van der Waals surface area (Å²) in [6.07, 6.45) is 1.72. The van der Waals surface area contributed by atoms with Gasteiger partial charge in [0, 0.05) is 16.1 Å². The maximum atomic E-state index is 14.3. The van der Waals surface area contributed by atoms with Crippen LogP contribution in [-0.2, 0) is 16.1 Å². The number of fused-ring (bicyclic) bond motifs is 1. The molecule has 0 radical (unpaired) electrons. The zero-order chi connectivity index (χ0) is 32.2. The molecule has 1 aliphatic heterocycles. The molecule has 0 spiro atoms. The van der Waals surface area contributed by atoms with Gasteiger partial charge in [-0.2, -0.15) is 0 Å². The first-order valence-electron chi connectivity index (χ1n) is 14.5. The molecule has 0 saturated heterocycles. The minimum atomic E-state index is -0.829. The molecule has 0 aliphatic carbocycles. The number of nitrogens with zero attached hydrogens (tertiary/aromatic N) is 2. The lowest BCUT2D eigenvalue weighted by molar-refractivity contribution is -0.138. The van der Waals surface area contributed by atoms with Crippen LogP contribution in [0.1, 0.15) is 35.2 Å². The highest BCUT2D eigenvalue weighted by Crippen LogP contribution is 2.36. The van der Waals surface area contributed by atoms with Crippen LogP contribution in [0.2, 0.25) is 5.02 Å². The smallest absolute Gasteiger partial charge is 0.338 e. The van der Waals surface area contributed by atoms with E-state index in [1.165, 1.54) is 35.1 Å². The molecule has 6 rings (SSSR count). The van der Waals surface area contributed by atoms with Crippen LogP contribution in [0.3, 0.4) is 0 Å². The Hall–Kier alpha value is -4.99. The van der Waals surface area contributed by atoms with Crippen molar-refractivity contribution in [2.75, 3.05) is 13.7 Å². The molecule has 232 valence electrons. The average molecular weight is 655 g/mol. The van der Waals surface area contributed by atoms with E-state index in [0.29, 0.717) is 48.2 Å². The summed E-state index contributed by atoms with van der Waals surface area (Å²) in [6.45, 7) is 2.04. The Kier molecular flexibility index (Phi) is 9.14. The van der Waals surface area contributed by atoms with E-state index < -0.39 is 12.0 Å². The first-order chi connectivity index (χ1) is 22.4. The van der Waals surface area contributed by atoms with Gasteiger partial charge in [-0.05, 0) is 54.5 Å². The summed E-state index contributed by atoms with van der Waals surface area (Å²) in [6, 6.07) is 26.9. The number of halogens is 2. The van der Waals surface area contributed by atoms with Crippen LogP contribution in [0.25, 0.3) is 11.8 Å². The molecule has 0 unspecified atom stereocenters. The lowest BCUT2D eigenvalue weighted by atomic mass is 9.93. The van der Waals surface area contributed by atoms with Gasteiger partial charge in [-0.15, -0.1) is 0 Å². The maximum absolute atomic E-state index is 14.3. The summed E-state index contributed by atoms with van der Waals surface area (Å²) in [5.41, 5.74) is 3.09. The zero-order valence-corrected chi connectivity index (χ0v) is 26.5. The van der Waals surface area contributed by atoms with Crippen molar-refractivity contribution in [3.8, 4) is 11.5 Å². The molecule has 0 amide bonds. The molecule has 5 aromatic rings. The van der Waals surface area contributed by atoms with Crippen LogP contribution >= 0.6 is 22.9 Å². The van der Waals surface area contributed by atoms with Gasteiger partial charge in [0.05, 0.1) is 35.6 Å². The van der Waals surface area contributed by atoms with Crippen LogP contribution in [0.4, 0.5) is 4.39 Å². The maximum Gasteiger partial charge on any atom is 0.338 e. The summed E-state index contributed by atoms with van der Waals surface area (Å²) < 4.78 is 32.6. The van der Waals surface area contributed by atoms with E-state index in [0.717, 1.165) is 5.56 Å². The molecule has 7 nitrogen and oxygen atoms in total. The lowest BCUT2D eigenvalue weighted by Gasteiger charge is -2.26. The molecule has 2 heterocycles. The number of carbonyl (C=O) groups excluding carboxylic acids is 1. The fourth-order valence-electron chi connectivity index (χ4n) is 5.24. The number of thiazole rings is 1. The number of esters is 1. The van der Waals surface area contributed by atoms with Crippen molar-refractivity contribution >= 4 is 40.7 Å². The molecule has 1 aromatic heterocycles. The predicted octanol–water partition coefficient (Wildman–Crippen LogP) is 6.32. The molecule has 0 fully saturated rings. The van der Waals surface area contributed by atoms with Crippen molar-refractivity contribution in [1.29, 1.82) is 0 Å². The minimum Gasteiger partial charge on any atom is -0.493 e. The largest absolute Gasteiger partial charge is 0.493 e. The fourth-order valence-corrected chi connectivity index (χ4v) is 6.36. The first-order valence-corrected chi connectivity index (χ1v) is 15.7. The van der Waals surface area contributed by atoms with Gasteiger partial charge >= 0.3 is 5.97 Å². The van der Waals surface area contributed by atoms with E-state index in [1.54, 1.807) is 61.5 Å². The summed E-state index contributed by atoms with van der Waals surface area (Å²) in [5.74, 6) is -0.00982. The fraction of sp³-hybridized carbons (Fsp3) is 0.139. The van der Waals surface area contributed by atoms with E-state index >= 15 is 0 Å². The van der Waals surface area contributed by atoms with Gasteiger partial charge in [-0.1, -0.05) is 89.7 Å². The second-order valence-electron chi connectivity index (χ2n) is 10.3. The van der Waals surface area contributed by atoms with E-state index in [1.807, 2.05) is 36.4 Å². The molecule has 1 atom stereocenters. The van der Waals surface area contributed by atoms with Crippen molar-refractivity contribution < 1.29 is 23.4 Å². The molecule has 1 aliphatic rings. The third-order valence-electron chi connectivity index (χ3n) is 7.37. The van der Waals surface area contributed by atoms with Crippen LogP contribution in [0.15, 0.2) is 112 Å². The number of para-hydroxylation sites is 1. The number of benzene rings is 4. The van der Waals surface area contributed by atoms with Gasteiger partial charge in [0.1, 0.15) is 12.4 Å². The number of hydrogen-bond acceptors (Lipinski definition) is 7. The standard InChI is InChI=1S/C36H28ClFN2O5S/c1-3-44-35(42)30-31(23-8-5-4-6-9-23)39-36-40(32(30)24-14-16-26(37)17-15-24)34(41)29(46-36)20-25-10-7-11-28(43-2)33(25)45-21-22-12-18-27(38)19-13-22/h4-20,32H,3,21H2,1-2H3/b29-20-/t32-/m1/s1. The second-order valence-corrected chi connectivity index (χ2v) is 11.7. The van der Waals surface area contributed by atoms with Crippen molar-refractivity contribution in [3.63, 3.8) is 0 Å². The average Bonchev–Trinajstić information content (AvgIpc) is 3.38. The van der Waals surface area contributed by atoms with Crippen molar-refractivity contribution in [1.82, 2.24) is 4.57 Å². The third-order valence-corrected chi connectivity index (χ3v) is 8.61. The molecule has 4 aromatic carbocycles. The van der Waals surface area contributed by atoms with Crippen LogP contribution < -0.4 is 24.4 Å². The highest BCUT2D eigenvalue weighted by atomic mass is 35.5. The Balaban J connectivity index is 1.54. The number of aromatic nitrogens is 1. The van der Waals surface area contributed by atoms with E-state index in [4.69, 9.17) is 30.8 Å². The number of rotatable bonds is 9. The number of methoxy groups -OCH3 is 1. The monoisotopic (exact) mass is 654 g/mol. The van der Waals surface area contributed by atoms with Gasteiger partial charge in [0.15, 0.2) is 16.3 Å². The Morgan fingerprint density at radius 3 is 2.43 bits per heavy atom. The highest BCUT2D eigenvalue weighted by Gasteiger charge is 2.35. The summed E-state index contributed by atoms with van der Waals surface area (Å²) in [7, 11) is 1.53. The van der Waals surface area contributed by atoms with Gasteiger partial charge < -0.3 is 14.2 Å². The topological polar surface area (TPSA) is 79.1 Å². The SMILES string of the molecule is CCOC(=O)C1=C(c2ccccc2)N=c2s/c(=C\c3cccc(OC)c3OCc3ccc(F)cc3)c(=O)n2[C@@H]1c1ccc(Cl)cc1. The Morgan fingerprint density at radius 2 is 1.74 bits per heavy atom. The van der Waals surface area contributed by atoms with Gasteiger partial charge in [0.2, 0.25) is 0 Å². The van der Waals surface area contributed by atoms with Crippen LogP contribution in [0.5, 0.6) is 11.5 Å². The molecule has 0 N–H and O–H groups in total. The van der Waals surface area contributed by atoms with Crippen molar-refractivity contribution in [2.45, 2.75) is 19.6 Å².